The molecule has 0 saturated carbocycles. The molecule has 0 rings (SSSR count). The van der Waals surface area contributed by atoms with Gasteiger partial charge >= 0.3 is 0 Å². The molecular formula is C14H29N3O. The van der Waals surface area contributed by atoms with Crippen molar-refractivity contribution in [3.05, 3.63) is 11.6 Å². The zero-order valence-electron chi connectivity index (χ0n) is 12.4. The van der Waals surface area contributed by atoms with Crippen LogP contribution in [-0.2, 0) is 4.79 Å². The van der Waals surface area contributed by atoms with Crippen LogP contribution in [0.2, 0.25) is 0 Å². The van der Waals surface area contributed by atoms with Crippen LogP contribution in [0, 0.1) is 0 Å². The number of unbranched alkanes of at least 4 members (excludes halogenated alkanes) is 2. The Bertz CT molecular complexity index is 241. The molecule has 1 amide bonds. The molecule has 0 aromatic carbocycles. The van der Waals surface area contributed by atoms with Gasteiger partial charge in [0.05, 0.1) is 0 Å². The Hall–Kier alpha value is -0.870. The average molecular weight is 255 g/mol. The van der Waals surface area contributed by atoms with E-state index in [9.17, 15) is 4.79 Å². The highest BCUT2D eigenvalue weighted by molar-refractivity contribution is 5.92. The number of nitrogens with zero attached hydrogens (tertiary/aromatic N) is 1. The lowest BCUT2D eigenvalue weighted by atomic mass is 10.2. The minimum Gasteiger partial charge on any atom is -0.267 e. The van der Waals surface area contributed by atoms with Crippen LogP contribution in [0.15, 0.2) is 11.6 Å². The van der Waals surface area contributed by atoms with Crippen LogP contribution < -0.4 is 10.9 Å². The van der Waals surface area contributed by atoms with E-state index in [-0.39, 0.29) is 5.91 Å². The van der Waals surface area contributed by atoms with Crippen molar-refractivity contribution in [1.82, 2.24) is 16.0 Å². The molecule has 0 heterocycles. The van der Waals surface area contributed by atoms with E-state index in [0.29, 0.717) is 0 Å². The van der Waals surface area contributed by atoms with E-state index >= 15 is 0 Å². The van der Waals surface area contributed by atoms with Crippen molar-refractivity contribution in [3.8, 4) is 0 Å². The normalized spacial score (nSPS) is 11.7. The summed E-state index contributed by atoms with van der Waals surface area (Å²) in [5.41, 5.74) is 7.08. The van der Waals surface area contributed by atoms with E-state index in [1.807, 2.05) is 19.9 Å². The van der Waals surface area contributed by atoms with Crippen LogP contribution in [0.4, 0.5) is 0 Å². The summed E-state index contributed by atoms with van der Waals surface area (Å²) in [5.74, 6) is 0.0176. The topological polar surface area (TPSA) is 44.4 Å². The van der Waals surface area contributed by atoms with Crippen LogP contribution in [0.1, 0.15) is 59.8 Å². The van der Waals surface area contributed by atoms with Crippen LogP contribution in [0.25, 0.3) is 0 Å². The maximum atomic E-state index is 12.2. The summed E-state index contributed by atoms with van der Waals surface area (Å²) in [4.78, 5) is 12.2. The molecule has 0 bridgehead atoms. The zero-order valence-corrected chi connectivity index (χ0v) is 12.4. The van der Waals surface area contributed by atoms with E-state index < -0.39 is 0 Å². The molecular weight excluding hydrogens is 226 g/mol. The van der Waals surface area contributed by atoms with Crippen LogP contribution in [0.5, 0.6) is 0 Å². The Morgan fingerprint density at radius 3 is 1.94 bits per heavy atom. The highest BCUT2D eigenvalue weighted by Gasteiger charge is 2.13. The third-order valence-corrected chi connectivity index (χ3v) is 2.65. The van der Waals surface area contributed by atoms with Crippen molar-refractivity contribution in [3.63, 3.8) is 0 Å². The summed E-state index contributed by atoms with van der Waals surface area (Å²) in [7, 11) is 0. The fraction of sp³-hybridized carbons (Fsp3) is 0.786. The minimum absolute atomic E-state index is 0.0176. The fourth-order valence-corrected chi connectivity index (χ4v) is 1.50. The van der Waals surface area contributed by atoms with Crippen molar-refractivity contribution in [2.75, 3.05) is 13.1 Å². The van der Waals surface area contributed by atoms with Gasteiger partial charge in [-0.05, 0) is 26.2 Å². The van der Waals surface area contributed by atoms with E-state index in [4.69, 9.17) is 0 Å². The first-order valence-corrected chi connectivity index (χ1v) is 7.15. The standard InChI is InChI=1S/C14H29N3O/c1-5-8-11-15-17(16-12-9-6-2)14(18)13(4)10-7-3/h10,15-16H,5-9,11-12H2,1-4H3. The summed E-state index contributed by atoms with van der Waals surface area (Å²) in [6, 6.07) is 0. The largest absolute Gasteiger partial charge is 0.278 e. The SMILES string of the molecule is CCC=C(C)C(=O)N(NCCCC)NCCCC. The number of carbonyl (C=O) groups excluding carboxylic acids is 1. The molecule has 106 valence electrons. The Kier molecular flexibility index (Phi) is 10.7. The lowest BCUT2D eigenvalue weighted by Gasteiger charge is -2.24. The van der Waals surface area contributed by atoms with Gasteiger partial charge in [0, 0.05) is 18.7 Å². The summed E-state index contributed by atoms with van der Waals surface area (Å²) in [6.07, 6.45) is 7.21. The van der Waals surface area contributed by atoms with Crippen molar-refractivity contribution in [2.45, 2.75) is 59.8 Å². The molecule has 0 fully saturated rings. The van der Waals surface area contributed by atoms with Crippen LogP contribution in [0.3, 0.4) is 0 Å². The summed E-state index contributed by atoms with van der Waals surface area (Å²) < 4.78 is 0. The number of amides is 1. The maximum Gasteiger partial charge on any atom is 0.278 e. The van der Waals surface area contributed by atoms with E-state index in [1.54, 1.807) is 5.12 Å². The monoisotopic (exact) mass is 255 g/mol. The van der Waals surface area contributed by atoms with Gasteiger partial charge in [-0.15, -0.1) is 0 Å². The Morgan fingerprint density at radius 2 is 1.56 bits per heavy atom. The predicted molar refractivity (Wildman–Crippen MR) is 76.7 cm³/mol. The van der Waals surface area contributed by atoms with Gasteiger partial charge in [-0.25, -0.2) is 16.0 Å². The third kappa shape index (κ3) is 7.45. The molecule has 2 N–H and O–H groups in total. The minimum atomic E-state index is 0.0176. The molecule has 0 aromatic rings. The van der Waals surface area contributed by atoms with Gasteiger partial charge in [0.25, 0.3) is 5.91 Å². The number of hydrogen-bond donors (Lipinski definition) is 2. The summed E-state index contributed by atoms with van der Waals surface area (Å²) in [5, 5.41) is 1.55. The molecule has 4 nitrogen and oxygen atoms in total. The van der Waals surface area contributed by atoms with E-state index in [1.165, 1.54) is 0 Å². The predicted octanol–water partition coefficient (Wildman–Crippen LogP) is 2.78. The first-order chi connectivity index (χ1) is 8.67. The Morgan fingerprint density at radius 1 is 1.06 bits per heavy atom. The van der Waals surface area contributed by atoms with Crippen molar-refractivity contribution < 1.29 is 4.79 Å². The van der Waals surface area contributed by atoms with Crippen LogP contribution >= 0.6 is 0 Å². The third-order valence-electron chi connectivity index (χ3n) is 2.65. The number of carbonyl (C=O) groups is 1. The highest BCUT2D eigenvalue weighted by atomic mass is 16.2. The van der Waals surface area contributed by atoms with Gasteiger partial charge in [0.2, 0.25) is 0 Å². The van der Waals surface area contributed by atoms with Gasteiger partial charge in [-0.1, -0.05) is 39.7 Å². The summed E-state index contributed by atoms with van der Waals surface area (Å²) in [6.45, 7) is 9.82. The second kappa shape index (κ2) is 11.2. The number of hydrogen-bond acceptors (Lipinski definition) is 3. The second-order valence-electron chi connectivity index (χ2n) is 4.46. The maximum absolute atomic E-state index is 12.2. The van der Waals surface area contributed by atoms with Gasteiger partial charge in [0.15, 0.2) is 0 Å². The van der Waals surface area contributed by atoms with Crippen molar-refractivity contribution in [1.29, 1.82) is 0 Å². The molecule has 0 aromatic heterocycles. The average Bonchev–Trinajstić information content (AvgIpc) is 2.37. The molecule has 0 unspecified atom stereocenters. The van der Waals surface area contributed by atoms with E-state index in [0.717, 1.165) is 50.8 Å². The number of rotatable bonds is 10. The molecule has 0 spiro atoms. The molecule has 0 radical (unpaired) electrons. The van der Waals surface area contributed by atoms with Crippen molar-refractivity contribution in [2.24, 2.45) is 0 Å². The Labute approximate surface area is 112 Å². The lowest BCUT2D eigenvalue weighted by molar-refractivity contribution is -0.134. The molecule has 0 aliphatic rings. The molecule has 0 atom stereocenters. The number of allylic oxidation sites excluding steroid dienone is 1. The first kappa shape index (κ1) is 17.1. The quantitative estimate of drug-likeness (QED) is 0.358. The molecule has 4 heteroatoms. The number of nitrogens with one attached hydrogen (secondary N) is 2. The molecule has 0 aliphatic carbocycles. The molecule has 18 heavy (non-hydrogen) atoms. The Balaban J connectivity index is 4.33. The van der Waals surface area contributed by atoms with Gasteiger partial charge in [-0.2, -0.15) is 0 Å². The van der Waals surface area contributed by atoms with E-state index in [2.05, 4.69) is 24.7 Å². The van der Waals surface area contributed by atoms with Gasteiger partial charge < -0.3 is 0 Å². The second-order valence-corrected chi connectivity index (χ2v) is 4.46. The smallest absolute Gasteiger partial charge is 0.267 e. The zero-order chi connectivity index (χ0) is 13.8. The van der Waals surface area contributed by atoms with Gasteiger partial charge in [-0.3, -0.25) is 4.79 Å². The van der Waals surface area contributed by atoms with Crippen molar-refractivity contribution >= 4 is 5.91 Å². The number of hydrazine groups is 2. The molecule has 0 aliphatic heterocycles. The highest BCUT2D eigenvalue weighted by Crippen LogP contribution is 1.99. The molecule has 0 saturated heterocycles. The lowest BCUT2D eigenvalue weighted by Crippen LogP contribution is -2.52. The first-order valence-electron chi connectivity index (χ1n) is 7.15. The van der Waals surface area contributed by atoms with Crippen LogP contribution in [-0.4, -0.2) is 24.1 Å². The fourth-order valence-electron chi connectivity index (χ4n) is 1.50. The summed E-state index contributed by atoms with van der Waals surface area (Å²) >= 11 is 0. The van der Waals surface area contributed by atoms with Gasteiger partial charge in [0.1, 0.15) is 0 Å².